The third-order valence-corrected chi connectivity index (χ3v) is 5.03. The Hall–Kier alpha value is -2.99. The minimum atomic E-state index is -0.544. The lowest BCUT2D eigenvalue weighted by molar-refractivity contribution is 0.0240. The van der Waals surface area contributed by atoms with E-state index in [9.17, 15) is 9.59 Å². The average Bonchev–Trinajstić information content (AvgIpc) is 3.06. The predicted molar refractivity (Wildman–Crippen MR) is 120 cm³/mol. The number of carbonyl (C=O) groups is 1. The number of halogens is 1. The van der Waals surface area contributed by atoms with Gasteiger partial charge in [-0.3, -0.25) is 13.9 Å². The van der Waals surface area contributed by atoms with Crippen LogP contribution >= 0.6 is 11.6 Å². The van der Waals surface area contributed by atoms with E-state index >= 15 is 0 Å². The first-order valence-corrected chi connectivity index (χ1v) is 10.4. The smallest absolute Gasteiger partial charge is 0.410 e. The van der Waals surface area contributed by atoms with E-state index in [4.69, 9.17) is 16.3 Å². The van der Waals surface area contributed by atoms with E-state index in [2.05, 4.69) is 28.4 Å². The minimum Gasteiger partial charge on any atom is -0.444 e. The molecule has 2 aromatic rings. The van der Waals surface area contributed by atoms with Crippen molar-refractivity contribution in [3.63, 3.8) is 0 Å². The Balaban J connectivity index is 1.94. The fraction of sp³-hybridized carbons (Fsp3) is 0.524. The highest BCUT2D eigenvalue weighted by molar-refractivity contribution is 6.28. The first-order valence-electron chi connectivity index (χ1n) is 10.1. The quantitative estimate of drug-likeness (QED) is 0.407. The van der Waals surface area contributed by atoms with E-state index in [-0.39, 0.29) is 29.1 Å². The summed E-state index contributed by atoms with van der Waals surface area (Å²) in [5.41, 5.74) is -0.215. The van der Waals surface area contributed by atoms with E-state index in [1.165, 1.54) is 4.57 Å². The number of amides is 1. The van der Waals surface area contributed by atoms with Crippen LogP contribution in [0.5, 0.6) is 0 Å². The van der Waals surface area contributed by atoms with Crippen molar-refractivity contribution < 1.29 is 9.53 Å². The van der Waals surface area contributed by atoms with Crippen molar-refractivity contribution in [2.45, 2.75) is 46.4 Å². The van der Waals surface area contributed by atoms with Gasteiger partial charge in [-0.15, -0.1) is 12.5 Å². The fourth-order valence-electron chi connectivity index (χ4n) is 3.33. The zero-order valence-corrected chi connectivity index (χ0v) is 19.1. The monoisotopic (exact) mass is 446 g/mol. The number of piperazine rings is 1. The zero-order valence-electron chi connectivity index (χ0n) is 18.3. The molecule has 0 aromatic carbocycles. The first kappa shape index (κ1) is 22.7. The number of aromatic nitrogens is 4. The SMILES string of the molecule is C=CCn1c(Cl)nc2nc(N3CCN(C(=O)OC(C)(C)C)CC3)n(CC#CC)c2c1=O. The van der Waals surface area contributed by atoms with Gasteiger partial charge in [-0.2, -0.15) is 9.97 Å². The van der Waals surface area contributed by atoms with E-state index < -0.39 is 5.60 Å². The molecule has 0 spiro atoms. The van der Waals surface area contributed by atoms with Gasteiger partial charge in [0.05, 0.1) is 6.54 Å². The highest BCUT2D eigenvalue weighted by Crippen LogP contribution is 2.22. The largest absolute Gasteiger partial charge is 0.444 e. The maximum atomic E-state index is 13.1. The van der Waals surface area contributed by atoms with E-state index in [0.29, 0.717) is 44.2 Å². The summed E-state index contributed by atoms with van der Waals surface area (Å²) >= 11 is 6.20. The minimum absolute atomic E-state index is 0.0601. The number of rotatable bonds is 4. The number of ether oxygens (including phenoxy) is 1. The summed E-state index contributed by atoms with van der Waals surface area (Å²) in [6, 6.07) is 0. The summed E-state index contributed by atoms with van der Waals surface area (Å²) in [5, 5.41) is 0.0601. The molecule has 0 aliphatic carbocycles. The topological polar surface area (TPSA) is 85.5 Å². The van der Waals surface area contributed by atoms with Crippen LogP contribution < -0.4 is 10.5 Å². The Morgan fingerprint density at radius 3 is 2.48 bits per heavy atom. The Morgan fingerprint density at radius 1 is 1.23 bits per heavy atom. The molecule has 0 radical (unpaired) electrons. The van der Waals surface area contributed by atoms with Crippen LogP contribution in [0.25, 0.3) is 11.2 Å². The molecule has 1 saturated heterocycles. The molecular formula is C21H27ClN6O3. The second-order valence-corrected chi connectivity index (χ2v) is 8.47. The highest BCUT2D eigenvalue weighted by Gasteiger charge is 2.29. The summed E-state index contributed by atoms with van der Waals surface area (Å²) in [6.07, 6.45) is 1.25. The lowest BCUT2D eigenvalue weighted by atomic mass is 10.2. The molecule has 0 bridgehead atoms. The van der Waals surface area contributed by atoms with Crippen molar-refractivity contribution >= 4 is 34.8 Å². The van der Waals surface area contributed by atoms with Crippen LogP contribution in [0, 0.1) is 11.8 Å². The molecule has 10 heteroatoms. The van der Waals surface area contributed by atoms with Crippen molar-refractivity contribution in [1.82, 2.24) is 24.0 Å². The number of nitrogens with zero attached hydrogens (tertiary/aromatic N) is 6. The van der Waals surface area contributed by atoms with Crippen LogP contribution in [0.2, 0.25) is 5.28 Å². The van der Waals surface area contributed by atoms with Crippen LogP contribution in [-0.4, -0.2) is 61.9 Å². The summed E-state index contributed by atoms with van der Waals surface area (Å²) in [5.74, 6) is 6.44. The lowest BCUT2D eigenvalue weighted by Crippen LogP contribution is -2.50. The van der Waals surface area contributed by atoms with Crippen molar-refractivity contribution in [2.75, 3.05) is 31.1 Å². The standard InChI is InChI=1S/C21H27ClN6O3/c1-6-8-10-27-15-16(23-18(22)28(9-7-2)17(15)29)24-19(27)25-11-13-26(14-12-25)20(30)31-21(3,4)5/h7H,2,9-14H2,1,3-5H3. The molecular weight excluding hydrogens is 420 g/mol. The molecule has 0 N–H and O–H groups in total. The van der Waals surface area contributed by atoms with Crippen molar-refractivity contribution in [2.24, 2.45) is 0 Å². The molecule has 3 rings (SSSR count). The number of carbonyl (C=O) groups excluding carboxylic acids is 1. The normalized spacial score (nSPS) is 14.4. The van der Waals surface area contributed by atoms with Gasteiger partial charge in [0.1, 0.15) is 5.60 Å². The maximum absolute atomic E-state index is 13.1. The Labute approximate surface area is 186 Å². The van der Waals surface area contributed by atoms with Gasteiger partial charge in [0.25, 0.3) is 5.56 Å². The molecule has 1 fully saturated rings. The zero-order chi connectivity index (χ0) is 22.8. The maximum Gasteiger partial charge on any atom is 0.410 e. The number of imidazole rings is 1. The number of hydrogen-bond donors (Lipinski definition) is 0. The van der Waals surface area contributed by atoms with E-state index in [1.807, 2.05) is 25.7 Å². The van der Waals surface area contributed by atoms with Gasteiger partial charge in [-0.25, -0.2) is 4.79 Å². The number of anilines is 1. The third kappa shape index (κ3) is 4.85. The summed E-state index contributed by atoms with van der Waals surface area (Å²) in [4.78, 5) is 38.0. The molecule has 3 heterocycles. The molecule has 9 nitrogen and oxygen atoms in total. The molecule has 0 unspecified atom stereocenters. The van der Waals surface area contributed by atoms with Gasteiger partial charge in [-0.1, -0.05) is 12.0 Å². The van der Waals surface area contributed by atoms with Gasteiger partial charge >= 0.3 is 6.09 Å². The van der Waals surface area contributed by atoms with E-state index in [1.54, 1.807) is 22.5 Å². The Kier molecular flexibility index (Phi) is 6.60. The van der Waals surface area contributed by atoms with E-state index in [0.717, 1.165) is 0 Å². The van der Waals surface area contributed by atoms with Crippen LogP contribution in [0.3, 0.4) is 0 Å². The van der Waals surface area contributed by atoms with Gasteiger partial charge in [-0.05, 0) is 39.3 Å². The number of allylic oxidation sites excluding steroid dienone is 1. The van der Waals surface area contributed by atoms with Gasteiger partial charge < -0.3 is 14.5 Å². The fourth-order valence-corrected chi connectivity index (χ4v) is 3.56. The average molecular weight is 447 g/mol. The lowest BCUT2D eigenvalue weighted by Gasteiger charge is -2.36. The van der Waals surface area contributed by atoms with Crippen LogP contribution in [0.1, 0.15) is 27.7 Å². The molecule has 31 heavy (non-hydrogen) atoms. The van der Waals surface area contributed by atoms with Gasteiger partial charge in [0.15, 0.2) is 11.2 Å². The van der Waals surface area contributed by atoms with Gasteiger partial charge in [0, 0.05) is 32.7 Å². The molecule has 1 amide bonds. The summed E-state index contributed by atoms with van der Waals surface area (Å²) < 4.78 is 8.57. The number of fused-ring (bicyclic) bond motifs is 1. The molecule has 0 atom stereocenters. The van der Waals surface area contributed by atoms with Gasteiger partial charge in [0.2, 0.25) is 11.2 Å². The highest BCUT2D eigenvalue weighted by atomic mass is 35.5. The van der Waals surface area contributed by atoms with Crippen LogP contribution in [-0.2, 0) is 17.8 Å². The van der Waals surface area contributed by atoms with Crippen molar-refractivity contribution in [1.29, 1.82) is 0 Å². The summed E-state index contributed by atoms with van der Waals surface area (Å²) in [7, 11) is 0. The first-order chi connectivity index (χ1) is 14.7. The Morgan fingerprint density at radius 2 is 1.90 bits per heavy atom. The predicted octanol–water partition coefficient (Wildman–Crippen LogP) is 2.51. The molecule has 1 aliphatic heterocycles. The van der Waals surface area contributed by atoms with Crippen LogP contribution in [0.4, 0.5) is 10.7 Å². The second-order valence-electron chi connectivity index (χ2n) is 8.14. The molecule has 0 saturated carbocycles. The summed E-state index contributed by atoms with van der Waals surface area (Å²) in [6.45, 7) is 13.5. The van der Waals surface area contributed by atoms with Crippen molar-refractivity contribution in [3.8, 4) is 11.8 Å². The number of hydrogen-bond acceptors (Lipinski definition) is 6. The molecule has 1 aliphatic rings. The second kappa shape index (κ2) is 9.02. The third-order valence-electron chi connectivity index (χ3n) is 4.74. The van der Waals surface area contributed by atoms with Crippen molar-refractivity contribution in [3.05, 3.63) is 28.3 Å². The molecule has 2 aromatic heterocycles. The van der Waals surface area contributed by atoms with Crippen LogP contribution in [0.15, 0.2) is 17.4 Å². The molecule has 166 valence electrons. The Bertz CT molecular complexity index is 1110.